The zero-order chi connectivity index (χ0) is 12.7. The number of nitrogens with zero attached hydrogens (tertiary/aromatic N) is 1. The first-order valence-corrected chi connectivity index (χ1v) is 5.12. The van der Waals surface area contributed by atoms with Crippen LogP contribution in [0.4, 0.5) is 5.69 Å². The molecule has 0 atom stereocenters. The zero-order valence-corrected chi connectivity index (χ0v) is 9.44. The van der Waals surface area contributed by atoms with Gasteiger partial charge >= 0.3 is 5.97 Å². The van der Waals surface area contributed by atoms with Crippen LogP contribution in [0.5, 0.6) is 0 Å². The number of rotatable bonds is 3. The van der Waals surface area contributed by atoms with E-state index in [2.05, 4.69) is 11.8 Å². The highest BCUT2D eigenvalue weighted by molar-refractivity contribution is 6.19. The van der Waals surface area contributed by atoms with Crippen LogP contribution in [0.2, 0.25) is 0 Å². The number of ether oxygens (including phenoxy) is 1. The van der Waals surface area contributed by atoms with E-state index in [1.165, 1.54) is 24.3 Å². The molecule has 0 aromatic heterocycles. The first-order chi connectivity index (χ1) is 8.15. The highest BCUT2D eigenvalue weighted by Crippen LogP contribution is 2.12. The minimum absolute atomic E-state index is 0.0530. The molecule has 88 valence electrons. The van der Waals surface area contributed by atoms with E-state index in [9.17, 15) is 14.9 Å². The first-order valence-electron chi connectivity index (χ1n) is 4.58. The first kappa shape index (κ1) is 13.0. The predicted octanol–water partition coefficient (Wildman–Crippen LogP) is 1.99. The number of hydrogen-bond donors (Lipinski definition) is 0. The third kappa shape index (κ3) is 4.13. The van der Waals surface area contributed by atoms with Crippen molar-refractivity contribution in [3.63, 3.8) is 0 Å². The quantitative estimate of drug-likeness (QED) is 0.272. The van der Waals surface area contributed by atoms with Crippen molar-refractivity contribution in [1.82, 2.24) is 0 Å². The van der Waals surface area contributed by atoms with Gasteiger partial charge in [0.05, 0.1) is 16.4 Å². The maximum atomic E-state index is 11.4. The molecule has 0 N–H and O–H groups in total. The Hall–Kier alpha value is -2.06. The summed E-state index contributed by atoms with van der Waals surface area (Å²) in [5, 5.41) is 10.4. The van der Waals surface area contributed by atoms with Gasteiger partial charge in [-0.3, -0.25) is 10.1 Å². The average molecular weight is 254 g/mol. The summed E-state index contributed by atoms with van der Waals surface area (Å²) in [4.78, 5) is 21.2. The second-order valence-electron chi connectivity index (χ2n) is 2.87. The number of halogens is 1. The predicted molar refractivity (Wildman–Crippen MR) is 61.9 cm³/mol. The van der Waals surface area contributed by atoms with Crippen molar-refractivity contribution in [3.05, 3.63) is 39.9 Å². The number of nitro benzene ring substituents is 1. The molecule has 0 radical (unpaired) electrons. The van der Waals surface area contributed by atoms with Crippen LogP contribution in [0.1, 0.15) is 10.4 Å². The summed E-state index contributed by atoms with van der Waals surface area (Å²) in [7, 11) is 0. The number of benzene rings is 1. The molecule has 0 amide bonds. The van der Waals surface area contributed by atoms with Gasteiger partial charge in [-0.25, -0.2) is 4.79 Å². The second kappa shape index (κ2) is 6.51. The SMILES string of the molecule is O=C(OCC#CCCl)c1ccc([N+](=O)[O-])cc1. The number of carbonyl (C=O) groups excluding carboxylic acids is 1. The van der Waals surface area contributed by atoms with Gasteiger partial charge in [0.2, 0.25) is 0 Å². The van der Waals surface area contributed by atoms with Gasteiger partial charge in [-0.2, -0.15) is 0 Å². The lowest BCUT2D eigenvalue weighted by Gasteiger charge is -2.00. The maximum absolute atomic E-state index is 11.4. The molecule has 0 unspecified atom stereocenters. The van der Waals surface area contributed by atoms with Crippen LogP contribution in [0, 0.1) is 22.0 Å². The Balaban J connectivity index is 2.60. The number of alkyl halides is 1. The average Bonchev–Trinajstić information content (AvgIpc) is 2.34. The Morgan fingerprint density at radius 2 is 2.00 bits per heavy atom. The molecule has 0 fully saturated rings. The topological polar surface area (TPSA) is 69.4 Å². The molecule has 17 heavy (non-hydrogen) atoms. The minimum Gasteiger partial charge on any atom is -0.449 e. The summed E-state index contributed by atoms with van der Waals surface area (Å²) in [6.45, 7) is -0.0530. The molecule has 0 bridgehead atoms. The fraction of sp³-hybridized carbons (Fsp3) is 0.182. The molecule has 1 aromatic rings. The third-order valence-electron chi connectivity index (χ3n) is 1.78. The number of carbonyl (C=O) groups is 1. The molecule has 0 aliphatic heterocycles. The molecule has 1 rings (SSSR count). The molecule has 5 nitrogen and oxygen atoms in total. The van der Waals surface area contributed by atoms with E-state index in [0.29, 0.717) is 0 Å². The Morgan fingerprint density at radius 3 is 2.53 bits per heavy atom. The number of non-ortho nitro benzene ring substituents is 1. The van der Waals surface area contributed by atoms with Gasteiger partial charge in [0.15, 0.2) is 6.61 Å². The monoisotopic (exact) mass is 253 g/mol. The fourth-order valence-corrected chi connectivity index (χ4v) is 1.10. The van der Waals surface area contributed by atoms with E-state index in [4.69, 9.17) is 16.3 Å². The molecule has 0 spiro atoms. The van der Waals surface area contributed by atoms with Crippen LogP contribution in [-0.2, 0) is 4.74 Å². The Bertz CT molecular complexity index is 472. The Morgan fingerprint density at radius 1 is 1.35 bits per heavy atom. The van der Waals surface area contributed by atoms with Gasteiger partial charge in [-0.1, -0.05) is 11.8 Å². The van der Waals surface area contributed by atoms with Crippen molar-refractivity contribution in [2.24, 2.45) is 0 Å². The van der Waals surface area contributed by atoms with Crippen LogP contribution in [0.3, 0.4) is 0 Å². The largest absolute Gasteiger partial charge is 0.449 e. The van der Waals surface area contributed by atoms with Crippen molar-refractivity contribution in [2.75, 3.05) is 12.5 Å². The van der Waals surface area contributed by atoms with Crippen molar-refractivity contribution < 1.29 is 14.5 Å². The van der Waals surface area contributed by atoms with Crippen molar-refractivity contribution in [1.29, 1.82) is 0 Å². The van der Waals surface area contributed by atoms with Gasteiger partial charge in [0, 0.05) is 12.1 Å². The lowest BCUT2D eigenvalue weighted by atomic mass is 10.2. The number of esters is 1. The molecule has 6 heteroatoms. The van der Waals surface area contributed by atoms with E-state index in [1.54, 1.807) is 0 Å². The summed E-state index contributed by atoms with van der Waals surface area (Å²) in [5.74, 6) is 4.66. The molecule has 0 aliphatic rings. The summed E-state index contributed by atoms with van der Waals surface area (Å²) >= 11 is 5.30. The van der Waals surface area contributed by atoms with Crippen molar-refractivity contribution in [2.45, 2.75) is 0 Å². The maximum Gasteiger partial charge on any atom is 0.339 e. The summed E-state index contributed by atoms with van der Waals surface area (Å²) in [6.07, 6.45) is 0. The summed E-state index contributed by atoms with van der Waals surface area (Å²) in [6, 6.07) is 5.13. The van der Waals surface area contributed by atoms with E-state index < -0.39 is 10.9 Å². The molecular formula is C11H8ClNO4. The standard InChI is InChI=1S/C11H8ClNO4/c12-7-1-2-8-17-11(14)9-3-5-10(6-4-9)13(15)16/h3-6H,7-8H2. The molecule has 0 saturated heterocycles. The van der Waals surface area contributed by atoms with E-state index in [1.807, 2.05) is 0 Å². The summed E-state index contributed by atoms with van der Waals surface area (Å²) < 4.78 is 4.79. The van der Waals surface area contributed by atoms with E-state index >= 15 is 0 Å². The van der Waals surface area contributed by atoms with Gasteiger partial charge in [-0.05, 0) is 12.1 Å². The minimum atomic E-state index is -0.580. The van der Waals surface area contributed by atoms with Crippen LogP contribution in [0.15, 0.2) is 24.3 Å². The molecule has 0 saturated carbocycles. The molecule has 0 heterocycles. The zero-order valence-electron chi connectivity index (χ0n) is 8.68. The lowest BCUT2D eigenvalue weighted by Crippen LogP contribution is -2.05. The van der Waals surface area contributed by atoms with E-state index in [0.717, 1.165) is 0 Å². The number of nitro groups is 1. The molecule has 1 aromatic carbocycles. The van der Waals surface area contributed by atoms with Gasteiger partial charge < -0.3 is 4.74 Å². The highest BCUT2D eigenvalue weighted by atomic mass is 35.5. The van der Waals surface area contributed by atoms with Crippen molar-refractivity contribution in [3.8, 4) is 11.8 Å². The van der Waals surface area contributed by atoms with Crippen LogP contribution < -0.4 is 0 Å². The van der Waals surface area contributed by atoms with Crippen LogP contribution >= 0.6 is 11.6 Å². The Labute approximate surface area is 102 Å². The highest BCUT2D eigenvalue weighted by Gasteiger charge is 2.09. The number of hydrogen-bond acceptors (Lipinski definition) is 4. The fourth-order valence-electron chi connectivity index (χ4n) is 1.00. The lowest BCUT2D eigenvalue weighted by molar-refractivity contribution is -0.384. The second-order valence-corrected chi connectivity index (χ2v) is 3.13. The van der Waals surface area contributed by atoms with Crippen molar-refractivity contribution >= 4 is 23.3 Å². The summed E-state index contributed by atoms with van der Waals surface area (Å²) in [5.41, 5.74) is 0.159. The smallest absolute Gasteiger partial charge is 0.339 e. The molecular weight excluding hydrogens is 246 g/mol. The van der Waals surface area contributed by atoms with Crippen LogP contribution in [-0.4, -0.2) is 23.4 Å². The third-order valence-corrected chi connectivity index (χ3v) is 1.91. The van der Waals surface area contributed by atoms with Crippen LogP contribution in [0.25, 0.3) is 0 Å². The molecule has 0 aliphatic carbocycles. The van der Waals surface area contributed by atoms with E-state index in [-0.39, 0.29) is 23.7 Å². The Kier molecular flexibility index (Phi) is 4.98. The van der Waals surface area contributed by atoms with Gasteiger partial charge in [-0.15, -0.1) is 11.6 Å². The van der Waals surface area contributed by atoms with Gasteiger partial charge in [0.1, 0.15) is 0 Å². The van der Waals surface area contributed by atoms with Gasteiger partial charge in [0.25, 0.3) is 5.69 Å². The normalized spacial score (nSPS) is 9.00.